The third kappa shape index (κ3) is 5.10. The zero-order chi connectivity index (χ0) is 24.9. The fourth-order valence-electron chi connectivity index (χ4n) is 3.74. The quantitative estimate of drug-likeness (QED) is 0.423. The average Bonchev–Trinajstić information content (AvgIpc) is 2.84. The van der Waals surface area contributed by atoms with Gasteiger partial charge >= 0.3 is 5.97 Å². The van der Waals surface area contributed by atoms with Crippen molar-refractivity contribution in [2.24, 2.45) is 0 Å². The maximum absolute atomic E-state index is 14.4. The molecule has 0 N–H and O–H groups in total. The number of carbonyl (C=O) groups is 2. The number of likely N-dealkylation sites (N-methyl/N-ethyl adjacent to an activating group) is 1. The molecule has 0 fully saturated rings. The number of nitrogens with zero attached hydrogens (tertiary/aromatic N) is 2. The minimum atomic E-state index is -3.90. The Labute approximate surface area is 198 Å². The lowest BCUT2D eigenvalue weighted by molar-refractivity contribution is -0.121. The van der Waals surface area contributed by atoms with Crippen molar-refractivity contribution in [1.82, 2.24) is 4.31 Å². The van der Waals surface area contributed by atoms with Gasteiger partial charge in [0.2, 0.25) is 10.0 Å². The van der Waals surface area contributed by atoms with Crippen molar-refractivity contribution in [3.8, 4) is 0 Å². The van der Waals surface area contributed by atoms with E-state index in [0.29, 0.717) is 12.2 Å². The van der Waals surface area contributed by atoms with Gasteiger partial charge in [0.1, 0.15) is 5.82 Å². The topological polar surface area (TPSA) is 84.0 Å². The minimum Gasteiger partial charge on any atom is -0.452 e. The zero-order valence-corrected chi connectivity index (χ0v) is 20.1. The molecule has 0 atom stereocenters. The molecule has 7 nitrogen and oxygen atoms in total. The molecule has 180 valence electrons. The molecule has 0 saturated heterocycles. The summed E-state index contributed by atoms with van der Waals surface area (Å²) >= 11 is 0. The van der Waals surface area contributed by atoms with Gasteiger partial charge in [0.15, 0.2) is 6.61 Å². The summed E-state index contributed by atoms with van der Waals surface area (Å²) in [5, 5.41) is 1.82. The van der Waals surface area contributed by atoms with Crippen molar-refractivity contribution >= 4 is 38.4 Å². The highest BCUT2D eigenvalue weighted by Crippen LogP contribution is 2.27. The van der Waals surface area contributed by atoms with E-state index >= 15 is 0 Å². The van der Waals surface area contributed by atoms with Crippen molar-refractivity contribution in [2.75, 3.05) is 31.1 Å². The van der Waals surface area contributed by atoms with Gasteiger partial charge in [-0.25, -0.2) is 17.6 Å². The van der Waals surface area contributed by atoms with E-state index in [1.165, 1.54) is 9.21 Å². The second-order valence-electron chi connectivity index (χ2n) is 7.44. The lowest BCUT2D eigenvalue weighted by atomic mass is 10.1. The van der Waals surface area contributed by atoms with Gasteiger partial charge in [-0.05, 0) is 36.6 Å². The Balaban J connectivity index is 1.80. The molecule has 9 heteroatoms. The number of sulfonamides is 1. The van der Waals surface area contributed by atoms with Gasteiger partial charge in [0.25, 0.3) is 5.91 Å². The number of esters is 1. The summed E-state index contributed by atoms with van der Waals surface area (Å²) in [6.07, 6.45) is 0. The van der Waals surface area contributed by atoms with E-state index in [-0.39, 0.29) is 18.0 Å². The van der Waals surface area contributed by atoms with Crippen LogP contribution in [-0.2, 0) is 19.6 Å². The Kier molecular flexibility index (Phi) is 8.01. The van der Waals surface area contributed by atoms with Gasteiger partial charge in [-0.1, -0.05) is 50.2 Å². The van der Waals surface area contributed by atoms with Crippen LogP contribution in [0.15, 0.2) is 65.6 Å². The van der Waals surface area contributed by atoms with Gasteiger partial charge in [-0.3, -0.25) is 4.79 Å². The van der Waals surface area contributed by atoms with Crippen LogP contribution in [0.4, 0.5) is 10.1 Å². The number of amides is 1. The number of rotatable bonds is 9. The van der Waals surface area contributed by atoms with Crippen molar-refractivity contribution in [1.29, 1.82) is 0 Å². The Hall–Kier alpha value is -3.30. The molecular formula is C25H27FN2O5S. The second-order valence-corrected chi connectivity index (χ2v) is 9.38. The third-order valence-corrected chi connectivity index (χ3v) is 7.55. The molecule has 0 radical (unpaired) electrons. The fraction of sp³-hybridized carbons (Fsp3) is 0.280. The number of hydrogen-bond acceptors (Lipinski definition) is 5. The largest absolute Gasteiger partial charge is 0.452 e. The van der Waals surface area contributed by atoms with Crippen LogP contribution in [0, 0.1) is 5.82 Å². The predicted molar refractivity (Wildman–Crippen MR) is 129 cm³/mol. The maximum Gasteiger partial charge on any atom is 0.341 e. The van der Waals surface area contributed by atoms with Crippen molar-refractivity contribution in [2.45, 2.75) is 25.7 Å². The Morgan fingerprint density at radius 2 is 1.59 bits per heavy atom. The summed E-state index contributed by atoms with van der Waals surface area (Å²) in [5.41, 5.74) is 0.120. The number of carbonyl (C=O) groups excluding carboxylic acids is 2. The number of halogens is 1. The van der Waals surface area contributed by atoms with Crippen LogP contribution in [0.2, 0.25) is 0 Å². The number of ether oxygens (including phenoxy) is 1. The van der Waals surface area contributed by atoms with Gasteiger partial charge in [0, 0.05) is 25.0 Å². The Morgan fingerprint density at radius 3 is 2.26 bits per heavy atom. The van der Waals surface area contributed by atoms with E-state index in [4.69, 9.17) is 4.74 Å². The predicted octanol–water partition coefficient (Wildman–Crippen LogP) is 4.22. The molecule has 0 bridgehead atoms. The molecular weight excluding hydrogens is 459 g/mol. The number of benzene rings is 3. The summed E-state index contributed by atoms with van der Waals surface area (Å²) in [7, 11) is -3.90. The van der Waals surface area contributed by atoms with E-state index in [1.54, 1.807) is 26.8 Å². The van der Waals surface area contributed by atoms with Gasteiger partial charge in [0.05, 0.1) is 16.1 Å². The highest BCUT2D eigenvalue weighted by Gasteiger charge is 2.25. The Morgan fingerprint density at radius 1 is 0.912 bits per heavy atom. The van der Waals surface area contributed by atoms with E-state index in [0.717, 1.165) is 29.0 Å². The van der Waals surface area contributed by atoms with Crippen LogP contribution in [0.1, 0.15) is 31.1 Å². The molecule has 0 saturated carbocycles. The average molecular weight is 487 g/mol. The van der Waals surface area contributed by atoms with Crippen molar-refractivity contribution < 1.29 is 27.1 Å². The minimum absolute atomic E-state index is 0.221. The lowest BCUT2D eigenvalue weighted by Crippen LogP contribution is -2.34. The van der Waals surface area contributed by atoms with Crippen molar-refractivity contribution in [3.05, 3.63) is 72.0 Å². The molecule has 0 unspecified atom stereocenters. The monoisotopic (exact) mass is 486 g/mol. The summed E-state index contributed by atoms with van der Waals surface area (Å²) in [4.78, 5) is 26.7. The highest BCUT2D eigenvalue weighted by atomic mass is 32.2. The summed E-state index contributed by atoms with van der Waals surface area (Å²) in [6.45, 7) is 5.32. The van der Waals surface area contributed by atoms with E-state index in [9.17, 15) is 22.4 Å². The molecule has 0 heterocycles. The lowest BCUT2D eigenvalue weighted by Gasteiger charge is -2.22. The highest BCUT2D eigenvalue weighted by molar-refractivity contribution is 7.89. The first-order chi connectivity index (χ1) is 16.2. The summed E-state index contributed by atoms with van der Waals surface area (Å²) in [5.74, 6) is -2.53. The normalized spacial score (nSPS) is 11.6. The number of hydrogen-bond donors (Lipinski definition) is 0. The summed E-state index contributed by atoms with van der Waals surface area (Å²) < 4.78 is 46.1. The maximum atomic E-state index is 14.4. The molecule has 3 aromatic rings. The molecule has 0 aliphatic heterocycles. The molecule has 34 heavy (non-hydrogen) atoms. The standard InChI is InChI=1S/C25H27FN2O5S/c1-4-27(5-2)34(31,32)19-14-15-22(26)21(16-19)25(30)33-17-24(29)28(6-3)23-13-9-11-18-10-7-8-12-20(18)23/h7-16H,4-6,17H2,1-3H3. The third-order valence-electron chi connectivity index (χ3n) is 5.50. The molecule has 0 aromatic heterocycles. The van der Waals surface area contributed by atoms with Gasteiger partial charge < -0.3 is 9.64 Å². The van der Waals surface area contributed by atoms with Gasteiger partial charge in [-0.2, -0.15) is 4.31 Å². The van der Waals surface area contributed by atoms with Crippen molar-refractivity contribution in [3.63, 3.8) is 0 Å². The molecule has 1 amide bonds. The number of fused-ring (bicyclic) bond motifs is 1. The van der Waals surface area contributed by atoms with Crippen LogP contribution in [-0.4, -0.2) is 50.8 Å². The SMILES string of the molecule is CCN(C(=O)COC(=O)c1cc(S(=O)(=O)N(CC)CC)ccc1F)c1cccc2ccccc12. The summed E-state index contributed by atoms with van der Waals surface area (Å²) in [6, 6.07) is 16.1. The van der Waals surface area contributed by atoms with Crippen LogP contribution in [0.25, 0.3) is 10.8 Å². The van der Waals surface area contributed by atoms with E-state index in [2.05, 4.69) is 0 Å². The first kappa shape index (κ1) is 25.3. The molecule has 0 spiro atoms. The first-order valence-corrected chi connectivity index (χ1v) is 12.4. The van der Waals surface area contributed by atoms with E-state index in [1.807, 2.05) is 36.4 Å². The second kappa shape index (κ2) is 10.8. The van der Waals surface area contributed by atoms with Crippen LogP contribution in [0.3, 0.4) is 0 Å². The number of anilines is 1. The Bertz CT molecular complexity index is 1300. The molecule has 3 aromatic carbocycles. The fourth-order valence-corrected chi connectivity index (χ4v) is 5.23. The first-order valence-electron chi connectivity index (χ1n) is 11.0. The molecule has 0 aliphatic carbocycles. The zero-order valence-electron chi connectivity index (χ0n) is 19.3. The van der Waals surface area contributed by atoms with Gasteiger partial charge in [-0.15, -0.1) is 0 Å². The molecule has 0 aliphatic rings. The van der Waals surface area contributed by atoms with E-state index < -0.39 is 39.9 Å². The molecule has 3 rings (SSSR count). The van der Waals surface area contributed by atoms with Crippen LogP contribution in [0.5, 0.6) is 0 Å². The van der Waals surface area contributed by atoms with Crippen LogP contribution >= 0.6 is 0 Å². The smallest absolute Gasteiger partial charge is 0.341 e. The van der Waals surface area contributed by atoms with Crippen LogP contribution < -0.4 is 4.90 Å².